The van der Waals surface area contributed by atoms with E-state index in [0.29, 0.717) is 17.7 Å². The maximum atomic E-state index is 13.4. The van der Waals surface area contributed by atoms with E-state index in [4.69, 9.17) is 0 Å². The van der Waals surface area contributed by atoms with Crippen molar-refractivity contribution in [3.05, 3.63) is 70.0 Å². The van der Waals surface area contributed by atoms with Crippen molar-refractivity contribution in [3.63, 3.8) is 0 Å². The Bertz CT molecular complexity index is 1280. The van der Waals surface area contributed by atoms with Crippen LogP contribution in [-0.4, -0.2) is 32.4 Å². The van der Waals surface area contributed by atoms with Gasteiger partial charge in [0.05, 0.1) is 10.6 Å². The number of anilines is 1. The second kappa shape index (κ2) is 9.99. The van der Waals surface area contributed by atoms with E-state index >= 15 is 0 Å². The van der Waals surface area contributed by atoms with Crippen molar-refractivity contribution in [1.82, 2.24) is 10.3 Å². The number of aromatic amines is 1. The van der Waals surface area contributed by atoms with Crippen LogP contribution >= 0.6 is 0 Å². The van der Waals surface area contributed by atoms with Gasteiger partial charge in [-0.1, -0.05) is 31.9 Å². The average molecular weight is 456 g/mol. The topological polar surface area (TPSA) is 99.3 Å². The van der Waals surface area contributed by atoms with Crippen LogP contribution < -0.4 is 15.1 Å². The van der Waals surface area contributed by atoms with Gasteiger partial charge in [0.1, 0.15) is 5.56 Å². The molecule has 0 radical (unpaired) electrons. The van der Waals surface area contributed by atoms with E-state index in [1.807, 2.05) is 13.0 Å². The number of fused-ring (bicyclic) bond motifs is 1. The van der Waals surface area contributed by atoms with Crippen LogP contribution in [0.1, 0.15) is 49.0 Å². The predicted octanol–water partition coefficient (Wildman–Crippen LogP) is 3.97. The highest BCUT2D eigenvalue weighted by Gasteiger charge is 2.25. The Kier molecular flexibility index (Phi) is 7.35. The normalized spacial score (nSPS) is 11.5. The molecule has 0 unspecified atom stereocenters. The summed E-state index contributed by atoms with van der Waals surface area (Å²) < 4.78 is 28.1. The van der Waals surface area contributed by atoms with E-state index in [1.165, 1.54) is 22.6 Å². The largest absolute Gasteiger partial charge is 0.360 e. The Hall–Kier alpha value is -3.13. The van der Waals surface area contributed by atoms with E-state index in [1.54, 1.807) is 31.2 Å². The Balaban J connectivity index is 2.00. The first-order valence-electron chi connectivity index (χ1n) is 10.8. The number of aromatic nitrogens is 1. The molecule has 1 aromatic heterocycles. The SMILES string of the molecule is CCCCCNC(=O)c1c[nH]c2ccc(S(=O)(=O)N(CC)c3cccc(C)c3)cc2c1=O. The zero-order valence-corrected chi connectivity index (χ0v) is 19.5. The molecule has 3 rings (SSSR count). The number of hydrogen-bond donors (Lipinski definition) is 2. The van der Waals surface area contributed by atoms with Gasteiger partial charge in [-0.15, -0.1) is 0 Å². The smallest absolute Gasteiger partial charge is 0.264 e. The first kappa shape index (κ1) is 23.5. The number of carbonyl (C=O) groups is 1. The van der Waals surface area contributed by atoms with Gasteiger partial charge in [0.2, 0.25) is 5.43 Å². The molecule has 0 aliphatic heterocycles. The molecule has 8 heteroatoms. The number of aryl methyl sites for hydroxylation is 1. The van der Waals surface area contributed by atoms with Crippen LogP contribution in [0.3, 0.4) is 0 Å². The minimum atomic E-state index is -3.90. The number of nitrogens with zero attached hydrogens (tertiary/aromatic N) is 1. The maximum Gasteiger partial charge on any atom is 0.264 e. The Morgan fingerprint density at radius 3 is 2.56 bits per heavy atom. The molecule has 0 atom stereocenters. The molecule has 0 aliphatic rings. The molecular weight excluding hydrogens is 426 g/mol. The number of benzene rings is 2. The van der Waals surface area contributed by atoms with E-state index < -0.39 is 21.4 Å². The van der Waals surface area contributed by atoms with Crippen molar-refractivity contribution < 1.29 is 13.2 Å². The van der Waals surface area contributed by atoms with Gasteiger partial charge in [0.25, 0.3) is 15.9 Å². The first-order valence-corrected chi connectivity index (χ1v) is 12.3. The molecule has 0 fully saturated rings. The molecule has 0 bridgehead atoms. The summed E-state index contributed by atoms with van der Waals surface area (Å²) in [4.78, 5) is 28.4. The highest BCUT2D eigenvalue weighted by atomic mass is 32.2. The van der Waals surface area contributed by atoms with Gasteiger partial charge in [0.15, 0.2) is 0 Å². The highest BCUT2D eigenvalue weighted by molar-refractivity contribution is 7.92. The lowest BCUT2D eigenvalue weighted by Gasteiger charge is -2.23. The van der Waals surface area contributed by atoms with Gasteiger partial charge in [-0.25, -0.2) is 8.42 Å². The summed E-state index contributed by atoms with van der Waals surface area (Å²) in [6.45, 7) is 6.45. The molecule has 2 aromatic carbocycles. The van der Waals surface area contributed by atoms with Gasteiger partial charge in [0, 0.05) is 30.2 Å². The summed E-state index contributed by atoms with van der Waals surface area (Å²) in [5, 5.41) is 2.91. The molecule has 0 aliphatic carbocycles. The number of unbranched alkanes of at least 4 members (excludes halogenated alkanes) is 2. The van der Waals surface area contributed by atoms with Gasteiger partial charge in [-0.2, -0.15) is 0 Å². The molecule has 170 valence electrons. The Morgan fingerprint density at radius 1 is 1.09 bits per heavy atom. The zero-order chi connectivity index (χ0) is 23.3. The van der Waals surface area contributed by atoms with Crippen LogP contribution in [0.25, 0.3) is 10.9 Å². The molecule has 1 amide bonds. The second-order valence-corrected chi connectivity index (χ2v) is 9.57. The third-order valence-corrected chi connectivity index (χ3v) is 7.23. The fourth-order valence-corrected chi connectivity index (χ4v) is 5.09. The highest BCUT2D eigenvalue weighted by Crippen LogP contribution is 2.25. The van der Waals surface area contributed by atoms with Gasteiger partial charge in [-0.3, -0.25) is 13.9 Å². The Morgan fingerprint density at radius 2 is 1.88 bits per heavy atom. The third kappa shape index (κ3) is 4.85. The quantitative estimate of drug-likeness (QED) is 0.477. The van der Waals surface area contributed by atoms with Gasteiger partial charge < -0.3 is 10.3 Å². The van der Waals surface area contributed by atoms with Crippen LogP contribution in [0, 0.1) is 6.92 Å². The standard InChI is InChI=1S/C24H29N3O4S/c1-4-6-7-13-25-24(29)21-16-26-22-12-11-19(15-20(22)23(21)28)32(30,31)27(5-2)18-10-8-9-17(3)14-18/h8-12,14-16H,4-7,13H2,1-3H3,(H,25,29)(H,26,28). The number of sulfonamides is 1. The van der Waals surface area contributed by atoms with Crippen LogP contribution in [-0.2, 0) is 10.0 Å². The number of pyridine rings is 1. The van der Waals surface area contributed by atoms with Crippen LogP contribution in [0.5, 0.6) is 0 Å². The lowest BCUT2D eigenvalue weighted by Crippen LogP contribution is -2.31. The molecular formula is C24H29N3O4S. The van der Waals surface area contributed by atoms with E-state index in [9.17, 15) is 18.0 Å². The van der Waals surface area contributed by atoms with Crippen molar-refractivity contribution in [1.29, 1.82) is 0 Å². The molecule has 3 aromatic rings. The van der Waals surface area contributed by atoms with Crippen LogP contribution in [0.15, 0.2) is 58.4 Å². The molecule has 0 saturated heterocycles. The van der Waals surface area contributed by atoms with Crippen molar-refractivity contribution in [2.24, 2.45) is 0 Å². The van der Waals surface area contributed by atoms with Crippen molar-refractivity contribution >= 4 is 32.5 Å². The molecule has 1 heterocycles. The number of nitrogens with one attached hydrogen (secondary N) is 2. The number of carbonyl (C=O) groups excluding carboxylic acids is 1. The Labute approximate surface area is 188 Å². The minimum absolute atomic E-state index is 0.000593. The lowest BCUT2D eigenvalue weighted by atomic mass is 10.1. The van der Waals surface area contributed by atoms with E-state index in [0.717, 1.165) is 24.8 Å². The van der Waals surface area contributed by atoms with Crippen molar-refractivity contribution in [2.75, 3.05) is 17.4 Å². The molecule has 0 saturated carbocycles. The first-order chi connectivity index (χ1) is 15.3. The number of H-pyrrole nitrogens is 1. The van der Waals surface area contributed by atoms with Crippen LogP contribution in [0.4, 0.5) is 5.69 Å². The second-order valence-electron chi connectivity index (χ2n) is 7.71. The predicted molar refractivity (Wildman–Crippen MR) is 128 cm³/mol. The van der Waals surface area contributed by atoms with E-state index in [2.05, 4.69) is 17.2 Å². The third-order valence-electron chi connectivity index (χ3n) is 5.33. The summed E-state index contributed by atoms with van der Waals surface area (Å²) in [6, 6.07) is 11.6. The van der Waals surface area contributed by atoms with Crippen LogP contribution in [0.2, 0.25) is 0 Å². The fraction of sp³-hybridized carbons (Fsp3) is 0.333. The van der Waals surface area contributed by atoms with Crippen molar-refractivity contribution in [2.45, 2.75) is 44.9 Å². The number of hydrogen-bond acceptors (Lipinski definition) is 4. The molecule has 32 heavy (non-hydrogen) atoms. The van der Waals surface area contributed by atoms with Gasteiger partial charge >= 0.3 is 0 Å². The molecule has 7 nitrogen and oxygen atoms in total. The summed E-state index contributed by atoms with van der Waals surface area (Å²) in [5.41, 5.74) is 1.44. The summed E-state index contributed by atoms with van der Waals surface area (Å²) >= 11 is 0. The summed E-state index contributed by atoms with van der Waals surface area (Å²) in [6.07, 6.45) is 4.23. The van der Waals surface area contributed by atoms with Crippen molar-refractivity contribution in [3.8, 4) is 0 Å². The fourth-order valence-electron chi connectivity index (χ4n) is 3.60. The molecule has 2 N–H and O–H groups in total. The summed E-state index contributed by atoms with van der Waals surface area (Å²) in [5.74, 6) is -0.465. The lowest BCUT2D eigenvalue weighted by molar-refractivity contribution is 0.0951. The maximum absolute atomic E-state index is 13.4. The number of amides is 1. The van der Waals surface area contributed by atoms with Gasteiger partial charge in [-0.05, 0) is 56.2 Å². The summed E-state index contributed by atoms with van der Waals surface area (Å²) in [7, 11) is -3.90. The average Bonchev–Trinajstić information content (AvgIpc) is 2.77. The monoisotopic (exact) mass is 455 g/mol. The zero-order valence-electron chi connectivity index (χ0n) is 18.6. The number of rotatable bonds is 9. The van der Waals surface area contributed by atoms with E-state index in [-0.39, 0.29) is 22.4 Å². The minimum Gasteiger partial charge on any atom is -0.360 e. The molecule has 0 spiro atoms.